The maximum absolute atomic E-state index is 12.5. The predicted octanol–water partition coefficient (Wildman–Crippen LogP) is 1.99. The molecule has 1 aromatic rings. The topological polar surface area (TPSA) is 83.3 Å². The van der Waals surface area contributed by atoms with Crippen LogP contribution in [0.25, 0.3) is 0 Å². The fourth-order valence-corrected chi connectivity index (χ4v) is 1.61. The van der Waals surface area contributed by atoms with Gasteiger partial charge in [-0.25, -0.2) is 4.98 Å². The molecule has 0 spiro atoms. The van der Waals surface area contributed by atoms with Gasteiger partial charge in [-0.05, 0) is 6.07 Å². The highest BCUT2D eigenvalue weighted by Crippen LogP contribution is 2.32. The van der Waals surface area contributed by atoms with E-state index in [1.165, 1.54) is 14.1 Å². The minimum absolute atomic E-state index is 0.000245. The second kappa shape index (κ2) is 6.48. The van der Waals surface area contributed by atoms with Crippen LogP contribution in [0.5, 0.6) is 0 Å². The Balaban J connectivity index is 2.98. The number of nitrogens with zero attached hydrogens (tertiary/aromatic N) is 3. The first-order chi connectivity index (χ1) is 9.65. The molecule has 21 heavy (non-hydrogen) atoms. The van der Waals surface area contributed by atoms with Crippen LogP contribution in [-0.4, -0.2) is 24.0 Å². The molecule has 11 heteroatoms. The van der Waals surface area contributed by atoms with Crippen molar-refractivity contribution in [3.05, 3.63) is 45.0 Å². The second-order valence-corrected chi connectivity index (χ2v) is 4.18. The Bertz CT molecular complexity index is 564. The Morgan fingerprint density at radius 3 is 2.62 bits per heavy atom. The summed E-state index contributed by atoms with van der Waals surface area (Å²) in [5, 5.41) is 13.8. The first-order valence-corrected chi connectivity index (χ1v) is 5.79. The Kier molecular flexibility index (Phi) is 5.19. The number of rotatable bonds is 5. The maximum atomic E-state index is 12.5. The van der Waals surface area contributed by atoms with Crippen molar-refractivity contribution >= 4 is 17.4 Å². The number of nitrogens with one attached hydrogen (secondary N) is 2. The van der Waals surface area contributed by atoms with Gasteiger partial charge in [0.25, 0.3) is 6.20 Å². The molecular formula is C10H11ClF3N5O2. The summed E-state index contributed by atoms with van der Waals surface area (Å²) in [6, 6.07) is 0.721. The molecule has 0 fully saturated rings. The molecule has 0 aliphatic heterocycles. The van der Waals surface area contributed by atoms with Crippen molar-refractivity contribution < 1.29 is 18.1 Å². The monoisotopic (exact) mass is 325 g/mol. The molecule has 0 saturated carbocycles. The van der Waals surface area contributed by atoms with E-state index in [0.29, 0.717) is 12.4 Å². The molecule has 2 N–H and O–H groups in total. The molecule has 0 radical (unpaired) electrons. The molecule has 0 amide bonds. The minimum Gasteiger partial charge on any atom is -0.368 e. The van der Waals surface area contributed by atoms with Crippen LogP contribution in [-0.2, 0) is 6.18 Å². The van der Waals surface area contributed by atoms with Gasteiger partial charge >= 0.3 is 6.18 Å². The summed E-state index contributed by atoms with van der Waals surface area (Å²) in [5.74, 6) is -0.0190. The van der Waals surface area contributed by atoms with Gasteiger partial charge in [-0.2, -0.15) is 13.2 Å². The summed E-state index contributed by atoms with van der Waals surface area (Å²) in [6.07, 6.45) is -3.28. The number of halogens is 4. The van der Waals surface area contributed by atoms with Gasteiger partial charge in [0.1, 0.15) is 0 Å². The number of hydrazine groups is 1. The molecule has 0 aromatic carbocycles. The van der Waals surface area contributed by atoms with Crippen molar-refractivity contribution in [3.63, 3.8) is 0 Å². The summed E-state index contributed by atoms with van der Waals surface area (Å²) in [7, 11) is 2.82. The first-order valence-electron chi connectivity index (χ1n) is 5.41. The van der Waals surface area contributed by atoms with E-state index in [9.17, 15) is 23.3 Å². The second-order valence-electron chi connectivity index (χ2n) is 3.78. The van der Waals surface area contributed by atoms with Gasteiger partial charge < -0.3 is 5.32 Å². The number of nitro groups is 1. The van der Waals surface area contributed by atoms with Gasteiger partial charge in [-0.15, -0.1) is 0 Å². The zero-order valence-electron chi connectivity index (χ0n) is 10.9. The highest BCUT2D eigenvalue weighted by molar-refractivity contribution is 6.33. The van der Waals surface area contributed by atoms with Gasteiger partial charge in [-0.3, -0.25) is 20.5 Å². The van der Waals surface area contributed by atoms with Gasteiger partial charge in [0, 0.05) is 20.3 Å². The number of alkyl halides is 3. The number of hydrogen-bond acceptors (Lipinski definition) is 6. The molecule has 1 rings (SSSR count). The SMILES string of the molecule is CN/C(=C\[N+](=O)[O-])NN(C)c1ncc(C(F)(F)F)cc1Cl. The number of aromatic nitrogens is 1. The molecule has 1 aromatic heterocycles. The van der Waals surface area contributed by atoms with E-state index in [1.807, 2.05) is 0 Å². The van der Waals surface area contributed by atoms with E-state index in [2.05, 4.69) is 15.7 Å². The van der Waals surface area contributed by atoms with Gasteiger partial charge in [0.05, 0.1) is 15.5 Å². The number of anilines is 1. The summed E-state index contributed by atoms with van der Waals surface area (Å²) < 4.78 is 37.5. The van der Waals surface area contributed by atoms with Gasteiger partial charge in [-0.1, -0.05) is 11.6 Å². The van der Waals surface area contributed by atoms with Crippen molar-refractivity contribution in [2.45, 2.75) is 6.18 Å². The number of hydrogen-bond donors (Lipinski definition) is 2. The van der Waals surface area contributed by atoms with Crippen LogP contribution in [0.15, 0.2) is 24.3 Å². The van der Waals surface area contributed by atoms with Crippen LogP contribution in [0.4, 0.5) is 19.0 Å². The Morgan fingerprint density at radius 2 is 2.19 bits per heavy atom. The van der Waals surface area contributed by atoms with E-state index in [0.717, 1.165) is 11.1 Å². The van der Waals surface area contributed by atoms with E-state index in [4.69, 9.17) is 11.6 Å². The molecule has 7 nitrogen and oxygen atoms in total. The average molecular weight is 326 g/mol. The molecule has 0 unspecified atom stereocenters. The largest absolute Gasteiger partial charge is 0.417 e. The lowest BCUT2D eigenvalue weighted by molar-refractivity contribution is -0.404. The standard InChI is InChI=1S/C10H11ClF3N5O2/c1-15-8(5-19(20)21)17-18(2)9-7(11)3-6(4-16-9)10(12,13)14/h3-5,15,17H,1-2H3/b8-5+. The van der Waals surface area contributed by atoms with Crippen LogP contribution in [0.3, 0.4) is 0 Å². The normalized spacial score (nSPS) is 12.0. The minimum atomic E-state index is -4.55. The van der Waals surface area contributed by atoms with Gasteiger partial charge in [0.2, 0.25) is 0 Å². The van der Waals surface area contributed by atoms with Crippen molar-refractivity contribution in [1.29, 1.82) is 0 Å². The third kappa shape index (κ3) is 4.67. The third-order valence-electron chi connectivity index (χ3n) is 2.26. The van der Waals surface area contributed by atoms with Crippen LogP contribution in [0.2, 0.25) is 5.02 Å². The molecule has 116 valence electrons. The van der Waals surface area contributed by atoms with E-state index in [-0.39, 0.29) is 16.7 Å². The predicted molar refractivity (Wildman–Crippen MR) is 69.9 cm³/mol. The maximum Gasteiger partial charge on any atom is 0.417 e. The molecule has 0 bridgehead atoms. The highest BCUT2D eigenvalue weighted by Gasteiger charge is 2.31. The lowest BCUT2D eigenvalue weighted by Crippen LogP contribution is -2.39. The Hall–Kier alpha value is -2.23. The van der Waals surface area contributed by atoms with Crippen LogP contribution < -0.4 is 15.8 Å². The molecule has 0 atom stereocenters. The average Bonchev–Trinajstić information content (AvgIpc) is 2.35. The van der Waals surface area contributed by atoms with E-state index >= 15 is 0 Å². The summed E-state index contributed by atoms with van der Waals surface area (Å²) in [4.78, 5) is 13.3. The quantitative estimate of drug-likeness (QED) is 0.636. The third-order valence-corrected chi connectivity index (χ3v) is 2.54. The summed E-state index contributed by atoms with van der Waals surface area (Å²) in [6.45, 7) is 0. The zero-order valence-corrected chi connectivity index (χ0v) is 11.7. The van der Waals surface area contributed by atoms with Crippen molar-refractivity contribution in [2.75, 3.05) is 19.1 Å². The Morgan fingerprint density at radius 1 is 1.57 bits per heavy atom. The lowest BCUT2D eigenvalue weighted by Gasteiger charge is -2.22. The van der Waals surface area contributed by atoms with E-state index in [1.54, 1.807) is 0 Å². The van der Waals surface area contributed by atoms with Crippen molar-refractivity contribution in [3.8, 4) is 0 Å². The fourth-order valence-electron chi connectivity index (χ4n) is 1.32. The van der Waals surface area contributed by atoms with Gasteiger partial charge in [0.15, 0.2) is 11.6 Å². The molecule has 0 aliphatic carbocycles. The van der Waals surface area contributed by atoms with Crippen LogP contribution in [0, 0.1) is 10.1 Å². The van der Waals surface area contributed by atoms with Crippen LogP contribution in [0.1, 0.15) is 5.56 Å². The lowest BCUT2D eigenvalue weighted by atomic mass is 10.3. The molecular weight excluding hydrogens is 315 g/mol. The zero-order chi connectivity index (χ0) is 16.2. The smallest absolute Gasteiger partial charge is 0.368 e. The van der Waals surface area contributed by atoms with Crippen LogP contribution >= 0.6 is 11.6 Å². The Labute approximate surface area is 122 Å². The molecule has 1 heterocycles. The first kappa shape index (κ1) is 16.8. The van der Waals surface area contributed by atoms with Crippen molar-refractivity contribution in [1.82, 2.24) is 15.7 Å². The number of pyridine rings is 1. The van der Waals surface area contributed by atoms with E-state index < -0.39 is 16.7 Å². The van der Waals surface area contributed by atoms with Crippen molar-refractivity contribution in [2.24, 2.45) is 0 Å². The molecule has 0 aliphatic rings. The fraction of sp³-hybridized carbons (Fsp3) is 0.300. The molecule has 0 saturated heterocycles. The highest BCUT2D eigenvalue weighted by atomic mass is 35.5. The summed E-state index contributed by atoms with van der Waals surface area (Å²) >= 11 is 5.74. The summed E-state index contributed by atoms with van der Waals surface area (Å²) in [5.41, 5.74) is 1.54.